The quantitative estimate of drug-likeness (QED) is 0.131. The predicted octanol–water partition coefficient (Wildman–Crippen LogP) is 2.68. The average Bonchev–Trinajstić information content (AvgIpc) is 0.849. The molecule has 1 rings (SSSR count). The molecule has 0 aromatic carbocycles. The van der Waals surface area contributed by atoms with Gasteiger partial charge in [-0.2, -0.15) is 0 Å². The van der Waals surface area contributed by atoms with Gasteiger partial charge in [-0.25, -0.2) is 8.42 Å². The zero-order valence-electron chi connectivity index (χ0n) is 58.9. The van der Waals surface area contributed by atoms with Crippen LogP contribution >= 0.6 is 0 Å². The van der Waals surface area contributed by atoms with Crippen LogP contribution in [0.3, 0.4) is 0 Å². The first kappa shape index (κ1) is 81.8. The first-order chi connectivity index (χ1) is 41.3. The molecule has 0 aromatic rings. The summed E-state index contributed by atoms with van der Waals surface area (Å²) in [5, 5.41) is 23.0. The normalized spacial score (nSPS) is 27.4. The van der Waals surface area contributed by atoms with Crippen molar-refractivity contribution in [3.8, 4) is 0 Å². The molecule has 0 saturated carbocycles. The third-order valence-corrected chi connectivity index (χ3v) is 18.3. The fourth-order valence-electron chi connectivity index (χ4n) is 11.5. The van der Waals surface area contributed by atoms with Gasteiger partial charge in [-0.05, 0) is 108 Å². The number of nitrogens with zero attached hydrogens (tertiary/aromatic N) is 7. The second-order valence-electron chi connectivity index (χ2n) is 27.2. The highest BCUT2D eigenvalue weighted by Crippen LogP contribution is 2.26. The molecule has 1 aliphatic heterocycles. The van der Waals surface area contributed by atoms with Gasteiger partial charge in [0.1, 0.15) is 76.3 Å². The number of sulfone groups is 1. The van der Waals surface area contributed by atoms with Crippen LogP contribution in [0.5, 0.6) is 0 Å². The number of nitrogens with one attached hydrogen (secondary N) is 4. The van der Waals surface area contributed by atoms with Crippen molar-refractivity contribution in [2.24, 2.45) is 41.4 Å². The molecule has 0 spiro atoms. The molecule has 1 aliphatic rings. The number of hydrogen-bond donors (Lipinski definition) is 5. The van der Waals surface area contributed by atoms with E-state index in [2.05, 4.69) is 21.3 Å². The number of amides is 11. The van der Waals surface area contributed by atoms with Crippen LogP contribution < -0.4 is 21.3 Å². The SMILES string of the molecule is C/C=C/C[C@@H](C)[C@@H](O)[C@H]1C(=O)N[C@@H](CC)C(=O)N(C)[C@H](C)C(=O)N(C)[C@@H]([C@H](C)CS(C)(=O)=O)C(=O)N[C@@H](C(C)C)C(=O)N(C)[C@@H](CC(C)C)C(=O)N[C@@H](C)C(=O)N[C@H](C)C(=O)N(C)[C@@H](CC(C)C)C(=O)N(C)[C@@H](CCC(C)C)C(=O)N(C)[C@@H](C(C)C)C(=O)N1C. The molecular formula is C64H115N11O14S. The third-order valence-electron chi connectivity index (χ3n) is 17.2. The van der Waals surface area contributed by atoms with E-state index in [0.717, 1.165) is 25.9 Å². The second kappa shape index (κ2) is 36.2. The van der Waals surface area contributed by atoms with Gasteiger partial charge in [0.25, 0.3) is 0 Å². The number of aliphatic hydroxyl groups is 1. The Bertz CT molecular complexity index is 2630. The van der Waals surface area contributed by atoms with Crippen molar-refractivity contribution in [3.05, 3.63) is 12.2 Å². The molecule has 0 aromatic heterocycles. The Kier molecular flexibility index (Phi) is 32.9. The number of hydrogen-bond acceptors (Lipinski definition) is 14. The van der Waals surface area contributed by atoms with Gasteiger partial charge in [0.2, 0.25) is 65.0 Å². The zero-order chi connectivity index (χ0) is 70.1. The van der Waals surface area contributed by atoms with Crippen LogP contribution in [-0.4, -0.2) is 247 Å². The van der Waals surface area contributed by atoms with Crippen molar-refractivity contribution >= 4 is 74.8 Å². The van der Waals surface area contributed by atoms with Crippen molar-refractivity contribution < 1.29 is 66.3 Å². The lowest BCUT2D eigenvalue weighted by atomic mass is 9.91. The van der Waals surface area contributed by atoms with Gasteiger partial charge < -0.3 is 60.7 Å². The molecule has 90 heavy (non-hydrogen) atoms. The lowest BCUT2D eigenvalue weighted by molar-refractivity contribution is -0.157. The molecule has 0 bridgehead atoms. The summed E-state index contributed by atoms with van der Waals surface area (Å²) >= 11 is 0. The molecule has 0 aliphatic carbocycles. The molecule has 1 fully saturated rings. The minimum Gasteiger partial charge on any atom is -0.390 e. The van der Waals surface area contributed by atoms with E-state index < -0.39 is 177 Å². The maximum absolute atomic E-state index is 15.2. The summed E-state index contributed by atoms with van der Waals surface area (Å²) in [6, 6.07) is -14.8. The average molecular weight is 1290 g/mol. The standard InChI is InChI=1S/C64H115N11O14S/c1-26-28-29-40(13)53(76)52-57(80)67-45(27-2)60(83)69(18)44(17)59(82)74(23)51(41(14)34-90(25,88)89)56(79)68-49(38(9)10)63(86)71(20)47(32-36(5)6)55(78)65-42(15)54(77)66-43(16)58(81)72(21)48(33-37(7)8)62(85)70(19)46(31-30-35(3)4)61(84)73(22)50(39(11)12)64(87)75(52)24/h26,28,35-53,76H,27,29-34H2,1-25H3,(H,65,78)(H,66,77)(H,67,80)(H,68,79)/b28-26+/t40-,41-,42+,43-,44-,45+,46+,47+,48+,49+,50+,51+,52+,53-/m1/s1. The highest BCUT2D eigenvalue weighted by Gasteiger charge is 2.46. The van der Waals surface area contributed by atoms with Crippen molar-refractivity contribution in [3.63, 3.8) is 0 Å². The molecule has 25 nitrogen and oxygen atoms in total. The first-order valence-electron chi connectivity index (χ1n) is 31.9. The fourth-order valence-corrected chi connectivity index (χ4v) is 12.6. The molecule has 0 radical (unpaired) electrons. The van der Waals surface area contributed by atoms with Crippen molar-refractivity contribution in [1.29, 1.82) is 0 Å². The molecule has 5 N–H and O–H groups in total. The molecule has 26 heteroatoms. The molecule has 1 saturated heterocycles. The largest absolute Gasteiger partial charge is 0.390 e. The summed E-state index contributed by atoms with van der Waals surface area (Å²) in [5.41, 5.74) is 0. The second-order valence-corrected chi connectivity index (χ2v) is 29.4. The van der Waals surface area contributed by atoms with Gasteiger partial charge in [0.05, 0.1) is 11.9 Å². The highest BCUT2D eigenvalue weighted by atomic mass is 32.2. The van der Waals surface area contributed by atoms with E-state index >= 15 is 14.4 Å². The number of carbonyl (C=O) groups is 11. The van der Waals surface area contributed by atoms with E-state index in [1.54, 1.807) is 60.6 Å². The van der Waals surface area contributed by atoms with Crippen LogP contribution in [-0.2, 0) is 62.6 Å². The maximum Gasteiger partial charge on any atom is 0.246 e. The summed E-state index contributed by atoms with van der Waals surface area (Å²) in [6.45, 7) is 28.7. The molecule has 1 heterocycles. The summed E-state index contributed by atoms with van der Waals surface area (Å²) in [6.07, 6.45) is 4.00. The van der Waals surface area contributed by atoms with Crippen LogP contribution in [0.2, 0.25) is 0 Å². The van der Waals surface area contributed by atoms with Crippen LogP contribution in [0.4, 0.5) is 0 Å². The lowest BCUT2D eigenvalue weighted by Crippen LogP contribution is -2.64. The zero-order valence-corrected chi connectivity index (χ0v) is 59.7. The topological polar surface area (TPSA) is 313 Å². The van der Waals surface area contributed by atoms with Gasteiger partial charge >= 0.3 is 0 Å². The molecular weight excluding hydrogens is 1180 g/mol. The van der Waals surface area contributed by atoms with E-state index in [4.69, 9.17) is 0 Å². The number of rotatable bonds is 17. The van der Waals surface area contributed by atoms with E-state index in [1.807, 2.05) is 41.5 Å². The maximum atomic E-state index is 15.2. The Morgan fingerprint density at radius 3 is 1.43 bits per heavy atom. The number of allylic oxidation sites excluding steroid dienone is 2. The Morgan fingerprint density at radius 2 is 0.956 bits per heavy atom. The van der Waals surface area contributed by atoms with Crippen LogP contribution in [0.25, 0.3) is 0 Å². The smallest absolute Gasteiger partial charge is 0.246 e. The Balaban J connectivity index is 4.48. The third kappa shape index (κ3) is 22.6. The van der Waals surface area contributed by atoms with Gasteiger partial charge in [0.15, 0.2) is 0 Å². The fraction of sp³-hybridized carbons (Fsp3) is 0.797. The predicted molar refractivity (Wildman–Crippen MR) is 347 cm³/mol. The number of carbonyl (C=O) groups excluding carboxylic acids is 11. The van der Waals surface area contributed by atoms with Crippen molar-refractivity contribution in [2.75, 3.05) is 61.3 Å². The van der Waals surface area contributed by atoms with Crippen LogP contribution in [0.15, 0.2) is 12.2 Å². The Hall–Kier alpha value is -6.18. The lowest BCUT2D eigenvalue weighted by Gasteiger charge is -2.41. The number of likely N-dealkylation sites (N-methyl/N-ethyl adjacent to an activating group) is 7. The minimum atomic E-state index is -3.81. The van der Waals surface area contributed by atoms with Gasteiger partial charge in [-0.1, -0.05) is 102 Å². The molecule has 14 atom stereocenters. The van der Waals surface area contributed by atoms with Crippen LogP contribution in [0, 0.1) is 41.4 Å². The highest BCUT2D eigenvalue weighted by molar-refractivity contribution is 7.90. The van der Waals surface area contributed by atoms with E-state index in [9.17, 15) is 51.9 Å². The Morgan fingerprint density at radius 1 is 0.489 bits per heavy atom. The summed E-state index contributed by atoms with van der Waals surface area (Å²) < 4.78 is 25.7. The first-order valence-corrected chi connectivity index (χ1v) is 34.0. The summed E-state index contributed by atoms with van der Waals surface area (Å²) in [4.78, 5) is 170. The van der Waals surface area contributed by atoms with Crippen molar-refractivity contribution in [2.45, 2.75) is 229 Å². The van der Waals surface area contributed by atoms with Crippen LogP contribution in [0.1, 0.15) is 156 Å². The summed E-state index contributed by atoms with van der Waals surface area (Å²) in [5.74, 6) is -12.3. The molecule has 516 valence electrons. The van der Waals surface area contributed by atoms with E-state index in [0.29, 0.717) is 6.42 Å². The summed E-state index contributed by atoms with van der Waals surface area (Å²) in [7, 11) is 5.75. The molecule has 11 amide bonds. The van der Waals surface area contributed by atoms with Gasteiger partial charge in [-0.15, -0.1) is 0 Å². The van der Waals surface area contributed by atoms with Crippen molar-refractivity contribution in [1.82, 2.24) is 55.6 Å². The van der Waals surface area contributed by atoms with E-state index in [1.165, 1.54) is 91.7 Å². The van der Waals surface area contributed by atoms with E-state index in [-0.39, 0.29) is 49.9 Å². The minimum absolute atomic E-state index is 0.0547. The number of aliphatic hydroxyl groups excluding tert-OH is 1. The Labute approximate surface area is 538 Å². The van der Waals surface area contributed by atoms with Gasteiger partial charge in [-0.3, -0.25) is 52.7 Å². The molecule has 0 unspecified atom stereocenters. The van der Waals surface area contributed by atoms with Gasteiger partial charge in [0, 0.05) is 55.6 Å². The monoisotopic (exact) mass is 1290 g/mol.